The second-order valence-electron chi connectivity index (χ2n) is 6.61. The first-order chi connectivity index (χ1) is 13.1. The number of nitrogens with one attached hydrogen (secondary N) is 1. The molecule has 6 heteroatoms. The number of aromatic nitrogens is 2. The van der Waals surface area contributed by atoms with Crippen LogP contribution >= 0.6 is 11.8 Å². The molecule has 3 aromatic rings. The Hall–Kier alpha value is -2.60. The maximum atomic E-state index is 12.6. The molecule has 1 amide bonds. The predicted octanol–water partition coefficient (Wildman–Crippen LogP) is 4.09. The Morgan fingerprint density at radius 1 is 1.00 bits per heavy atom. The van der Waals surface area contributed by atoms with Crippen molar-refractivity contribution in [3.05, 3.63) is 77.7 Å². The minimum atomic E-state index is -0.293. The zero-order valence-corrected chi connectivity index (χ0v) is 16.3. The maximum Gasteiger partial charge on any atom is 0.277 e. The third-order valence-corrected chi connectivity index (χ3v) is 5.43. The van der Waals surface area contributed by atoms with Gasteiger partial charge < -0.3 is 9.73 Å². The Kier molecular flexibility index (Phi) is 6.65. The zero-order valence-electron chi connectivity index (χ0n) is 15.5. The van der Waals surface area contributed by atoms with Crippen LogP contribution in [0.1, 0.15) is 30.9 Å². The molecule has 1 N–H and O–H groups in total. The van der Waals surface area contributed by atoms with Crippen LogP contribution in [0.2, 0.25) is 0 Å². The highest BCUT2D eigenvalue weighted by Crippen LogP contribution is 2.28. The van der Waals surface area contributed by atoms with Crippen molar-refractivity contribution in [1.29, 1.82) is 0 Å². The zero-order chi connectivity index (χ0) is 19.1. The van der Waals surface area contributed by atoms with Crippen molar-refractivity contribution < 1.29 is 9.21 Å². The second-order valence-corrected chi connectivity index (χ2v) is 7.70. The normalized spacial score (nSPS) is 12.1. The first-order valence-corrected chi connectivity index (χ1v) is 9.84. The summed E-state index contributed by atoms with van der Waals surface area (Å²) in [4.78, 5) is 12.6. The Morgan fingerprint density at radius 2 is 1.63 bits per heavy atom. The van der Waals surface area contributed by atoms with Gasteiger partial charge in [0.05, 0.1) is 11.7 Å². The van der Waals surface area contributed by atoms with E-state index in [2.05, 4.69) is 15.5 Å². The van der Waals surface area contributed by atoms with Crippen molar-refractivity contribution in [3.63, 3.8) is 0 Å². The van der Waals surface area contributed by atoms with Gasteiger partial charge in [0.2, 0.25) is 11.8 Å². The number of hydrogen-bond acceptors (Lipinski definition) is 5. The average Bonchev–Trinajstić information content (AvgIpc) is 3.12. The predicted molar refractivity (Wildman–Crippen MR) is 106 cm³/mol. The van der Waals surface area contributed by atoms with Crippen LogP contribution in [-0.2, 0) is 17.8 Å². The van der Waals surface area contributed by atoms with Gasteiger partial charge in [-0.3, -0.25) is 4.79 Å². The number of carbonyl (C=O) groups is 1. The van der Waals surface area contributed by atoms with Crippen molar-refractivity contribution in [2.24, 2.45) is 5.92 Å². The second kappa shape index (κ2) is 9.37. The fraction of sp³-hybridized carbons (Fsp3) is 0.286. The number of carbonyl (C=O) groups excluding carboxylic acids is 1. The van der Waals surface area contributed by atoms with E-state index >= 15 is 0 Å². The Morgan fingerprint density at radius 3 is 2.26 bits per heavy atom. The number of hydrogen-bond donors (Lipinski definition) is 1. The molecule has 0 unspecified atom stereocenters. The van der Waals surface area contributed by atoms with Crippen LogP contribution in [0.3, 0.4) is 0 Å². The summed E-state index contributed by atoms with van der Waals surface area (Å²) in [6.07, 6.45) is 0.584. The monoisotopic (exact) mass is 381 g/mol. The summed E-state index contributed by atoms with van der Waals surface area (Å²) >= 11 is 1.32. The smallest absolute Gasteiger partial charge is 0.277 e. The van der Waals surface area contributed by atoms with Gasteiger partial charge in [0.15, 0.2) is 0 Å². The number of rotatable bonds is 8. The van der Waals surface area contributed by atoms with Crippen molar-refractivity contribution in [1.82, 2.24) is 15.5 Å². The van der Waals surface area contributed by atoms with Gasteiger partial charge in [-0.1, -0.05) is 86.3 Å². The summed E-state index contributed by atoms with van der Waals surface area (Å²) in [5, 5.41) is 11.3. The van der Waals surface area contributed by atoms with Crippen LogP contribution < -0.4 is 5.32 Å². The lowest BCUT2D eigenvalue weighted by molar-refractivity contribution is -0.121. The molecule has 1 aromatic heterocycles. The number of thioether (sulfide) groups is 1. The molecular formula is C21H23N3O2S. The third-order valence-electron chi connectivity index (χ3n) is 4.05. The summed E-state index contributed by atoms with van der Waals surface area (Å²) in [5.74, 6) is 0.660. The highest BCUT2D eigenvalue weighted by molar-refractivity contribution is 8.00. The first-order valence-electron chi connectivity index (χ1n) is 8.96. The molecule has 0 fully saturated rings. The topological polar surface area (TPSA) is 68.0 Å². The minimum absolute atomic E-state index is 0.0262. The molecule has 0 aliphatic rings. The van der Waals surface area contributed by atoms with Crippen LogP contribution in [0.15, 0.2) is 70.3 Å². The molecule has 27 heavy (non-hydrogen) atoms. The highest BCUT2D eigenvalue weighted by atomic mass is 32.2. The largest absolute Gasteiger partial charge is 0.416 e. The van der Waals surface area contributed by atoms with Gasteiger partial charge in [0.25, 0.3) is 5.22 Å². The van der Waals surface area contributed by atoms with E-state index in [-0.39, 0.29) is 17.1 Å². The van der Waals surface area contributed by atoms with E-state index in [1.807, 2.05) is 74.5 Å². The van der Waals surface area contributed by atoms with E-state index in [0.717, 1.165) is 11.1 Å². The standard InChI is InChI=1S/C21H23N3O2S/c1-15(2)19(20(25)22-14-17-11-7-4-8-12-17)27-21-24-23-18(26-21)13-16-9-5-3-6-10-16/h3-12,15,19H,13-14H2,1-2H3,(H,22,25)/t19-/m0/s1. The van der Waals surface area contributed by atoms with Gasteiger partial charge in [0.1, 0.15) is 0 Å². The summed E-state index contributed by atoms with van der Waals surface area (Å²) in [5.41, 5.74) is 2.18. The molecule has 0 bridgehead atoms. The molecule has 0 aliphatic heterocycles. The molecule has 0 spiro atoms. The van der Waals surface area contributed by atoms with E-state index in [1.165, 1.54) is 11.8 Å². The fourth-order valence-corrected chi connectivity index (χ4v) is 3.53. The van der Waals surface area contributed by atoms with Crippen molar-refractivity contribution in [2.75, 3.05) is 0 Å². The van der Waals surface area contributed by atoms with Gasteiger partial charge in [-0.15, -0.1) is 10.2 Å². The summed E-state index contributed by atoms with van der Waals surface area (Å²) in [7, 11) is 0. The van der Waals surface area contributed by atoms with Crippen molar-refractivity contribution in [3.8, 4) is 0 Å². The molecule has 0 saturated heterocycles. The lowest BCUT2D eigenvalue weighted by Crippen LogP contribution is -2.35. The van der Waals surface area contributed by atoms with Gasteiger partial charge in [-0.2, -0.15) is 0 Å². The first kappa shape index (κ1) is 19.2. The summed E-state index contributed by atoms with van der Waals surface area (Å²) in [6, 6.07) is 19.8. The van der Waals surface area contributed by atoms with Crippen molar-refractivity contribution >= 4 is 17.7 Å². The average molecular weight is 382 g/mol. The van der Waals surface area contributed by atoms with Gasteiger partial charge in [-0.05, 0) is 17.0 Å². The number of nitrogens with zero attached hydrogens (tertiary/aromatic N) is 2. The Balaban J connectivity index is 1.60. The number of amides is 1. The lowest BCUT2D eigenvalue weighted by atomic mass is 10.1. The molecule has 0 saturated carbocycles. The van der Waals surface area contributed by atoms with Gasteiger partial charge in [-0.25, -0.2) is 0 Å². The van der Waals surface area contributed by atoms with Crippen LogP contribution in [0, 0.1) is 5.92 Å². The quantitative estimate of drug-likeness (QED) is 0.595. The fourth-order valence-electron chi connectivity index (χ4n) is 2.61. The van der Waals surface area contributed by atoms with E-state index in [0.29, 0.717) is 24.1 Å². The van der Waals surface area contributed by atoms with Gasteiger partial charge >= 0.3 is 0 Å². The molecule has 2 aromatic carbocycles. The highest BCUT2D eigenvalue weighted by Gasteiger charge is 2.26. The lowest BCUT2D eigenvalue weighted by Gasteiger charge is -2.18. The van der Waals surface area contributed by atoms with Crippen LogP contribution in [0.4, 0.5) is 0 Å². The maximum absolute atomic E-state index is 12.6. The van der Waals surface area contributed by atoms with Crippen LogP contribution in [-0.4, -0.2) is 21.4 Å². The minimum Gasteiger partial charge on any atom is -0.416 e. The molecular weight excluding hydrogens is 358 g/mol. The molecule has 0 aliphatic carbocycles. The molecule has 5 nitrogen and oxygen atoms in total. The van der Waals surface area contributed by atoms with E-state index in [9.17, 15) is 4.79 Å². The third kappa shape index (κ3) is 5.69. The van der Waals surface area contributed by atoms with Gasteiger partial charge in [0, 0.05) is 6.54 Å². The van der Waals surface area contributed by atoms with Crippen LogP contribution in [0.5, 0.6) is 0 Å². The van der Waals surface area contributed by atoms with E-state index in [1.54, 1.807) is 0 Å². The molecule has 1 heterocycles. The summed E-state index contributed by atoms with van der Waals surface area (Å²) in [6.45, 7) is 4.54. The molecule has 3 rings (SSSR count). The number of benzene rings is 2. The van der Waals surface area contributed by atoms with Crippen LogP contribution in [0.25, 0.3) is 0 Å². The van der Waals surface area contributed by atoms with E-state index in [4.69, 9.17) is 4.42 Å². The Labute approximate surface area is 163 Å². The SMILES string of the molecule is CC(C)[C@H](Sc1nnc(Cc2ccccc2)o1)C(=O)NCc1ccccc1. The Bertz CT molecular complexity index is 850. The molecule has 0 radical (unpaired) electrons. The van der Waals surface area contributed by atoms with E-state index < -0.39 is 0 Å². The summed E-state index contributed by atoms with van der Waals surface area (Å²) < 4.78 is 5.74. The van der Waals surface area contributed by atoms with Crippen molar-refractivity contribution in [2.45, 2.75) is 37.3 Å². The molecule has 1 atom stereocenters. The molecule has 140 valence electrons.